The number of fused-ring (bicyclic) bond motifs is 1. The van der Waals surface area contributed by atoms with E-state index >= 15 is 0 Å². The zero-order chi connectivity index (χ0) is 13.9. The average molecular weight is 304 g/mol. The molecule has 0 fully saturated rings. The van der Waals surface area contributed by atoms with Crippen LogP contribution in [0.3, 0.4) is 0 Å². The fourth-order valence-electron chi connectivity index (χ4n) is 1.73. The van der Waals surface area contributed by atoms with Crippen LogP contribution in [0.4, 0.5) is 9.93 Å². The maximum atomic E-state index is 12.0. The molecule has 2 amide bonds. The lowest BCUT2D eigenvalue weighted by Crippen LogP contribution is -2.30. The lowest BCUT2D eigenvalue weighted by Gasteiger charge is -2.15. The first-order valence-corrected chi connectivity index (χ1v) is 7.68. The van der Waals surface area contributed by atoms with Gasteiger partial charge in [-0.05, 0) is 12.1 Å². The number of nitrogens with one attached hydrogen (secondary N) is 1. The Balaban J connectivity index is 1.68. The molecule has 3 aromatic rings. The highest BCUT2D eigenvalue weighted by molar-refractivity contribution is 7.18. The van der Waals surface area contributed by atoms with Crippen LogP contribution in [-0.4, -0.2) is 27.9 Å². The molecule has 1 aromatic carbocycles. The van der Waals surface area contributed by atoms with Gasteiger partial charge in [0.25, 0.3) is 0 Å². The number of hydrogen-bond acceptors (Lipinski definition) is 5. The lowest BCUT2D eigenvalue weighted by atomic mass is 10.3. The molecule has 0 aliphatic carbocycles. The predicted molar refractivity (Wildman–Crippen MR) is 82.2 cm³/mol. The zero-order valence-electron chi connectivity index (χ0n) is 10.7. The molecule has 0 saturated heterocycles. The number of carbonyl (C=O) groups excluding carboxylic acids is 1. The third-order valence-electron chi connectivity index (χ3n) is 2.70. The van der Waals surface area contributed by atoms with E-state index in [0.717, 1.165) is 15.2 Å². The summed E-state index contributed by atoms with van der Waals surface area (Å²) in [6, 6.07) is 7.78. The van der Waals surface area contributed by atoms with Crippen molar-refractivity contribution in [1.29, 1.82) is 0 Å². The molecule has 2 heterocycles. The number of benzene rings is 1. The lowest BCUT2D eigenvalue weighted by molar-refractivity contribution is 0.220. The second-order valence-electron chi connectivity index (χ2n) is 4.20. The number of aromatic nitrogens is 2. The average Bonchev–Trinajstić information content (AvgIpc) is 3.06. The first kappa shape index (κ1) is 13.0. The Bertz CT molecular complexity index is 690. The van der Waals surface area contributed by atoms with Crippen LogP contribution < -0.4 is 5.32 Å². The molecule has 5 nitrogen and oxygen atoms in total. The standard InChI is InChI=1S/C13H12N4OS2/c1-17(13(18)16-12-14-6-7-19-12)8-11-15-9-4-2-3-5-10(9)20-11/h2-7H,8H2,1H3,(H,14,16,18). The monoisotopic (exact) mass is 304 g/mol. The molecule has 2 aromatic heterocycles. The largest absolute Gasteiger partial charge is 0.323 e. The number of anilines is 1. The molecule has 0 unspecified atom stereocenters. The highest BCUT2D eigenvalue weighted by Crippen LogP contribution is 2.22. The minimum atomic E-state index is -0.181. The van der Waals surface area contributed by atoms with Gasteiger partial charge < -0.3 is 4.90 Å². The van der Waals surface area contributed by atoms with E-state index in [-0.39, 0.29) is 6.03 Å². The van der Waals surface area contributed by atoms with Gasteiger partial charge in [-0.15, -0.1) is 22.7 Å². The topological polar surface area (TPSA) is 58.1 Å². The van der Waals surface area contributed by atoms with Gasteiger partial charge in [-0.3, -0.25) is 5.32 Å². The van der Waals surface area contributed by atoms with E-state index < -0.39 is 0 Å². The van der Waals surface area contributed by atoms with Crippen molar-refractivity contribution in [3.63, 3.8) is 0 Å². The maximum Gasteiger partial charge on any atom is 0.323 e. The van der Waals surface area contributed by atoms with Crippen LogP contribution in [0, 0.1) is 0 Å². The molecule has 0 atom stereocenters. The SMILES string of the molecule is CN(Cc1nc2ccccc2s1)C(=O)Nc1nccs1. The van der Waals surface area contributed by atoms with Crippen LogP contribution in [-0.2, 0) is 6.54 Å². The summed E-state index contributed by atoms with van der Waals surface area (Å²) in [6.07, 6.45) is 1.66. The molecule has 0 saturated carbocycles. The van der Waals surface area contributed by atoms with Crippen LogP contribution >= 0.6 is 22.7 Å². The van der Waals surface area contributed by atoms with Crippen LogP contribution in [0.5, 0.6) is 0 Å². The first-order valence-electron chi connectivity index (χ1n) is 5.98. The molecule has 7 heteroatoms. The Morgan fingerprint density at radius 1 is 1.40 bits per heavy atom. The summed E-state index contributed by atoms with van der Waals surface area (Å²) in [4.78, 5) is 22.1. The molecule has 102 valence electrons. The van der Waals surface area contributed by atoms with Crippen molar-refractivity contribution in [3.05, 3.63) is 40.8 Å². The Hall–Kier alpha value is -1.99. The Labute approximate surface area is 123 Å². The van der Waals surface area contributed by atoms with Gasteiger partial charge in [-0.25, -0.2) is 14.8 Å². The van der Waals surface area contributed by atoms with E-state index in [0.29, 0.717) is 11.7 Å². The van der Waals surface area contributed by atoms with Gasteiger partial charge in [-0.1, -0.05) is 12.1 Å². The summed E-state index contributed by atoms with van der Waals surface area (Å²) in [5.41, 5.74) is 0.973. The van der Waals surface area contributed by atoms with Crippen molar-refractivity contribution < 1.29 is 4.79 Å². The van der Waals surface area contributed by atoms with Crippen LogP contribution in [0.15, 0.2) is 35.8 Å². The van der Waals surface area contributed by atoms with Crippen molar-refractivity contribution in [2.24, 2.45) is 0 Å². The van der Waals surface area contributed by atoms with Gasteiger partial charge in [0, 0.05) is 18.6 Å². The summed E-state index contributed by atoms with van der Waals surface area (Å²) in [5, 5.41) is 6.09. The first-order chi connectivity index (χ1) is 9.72. The van der Waals surface area contributed by atoms with Gasteiger partial charge in [0.15, 0.2) is 5.13 Å². The number of amides is 2. The summed E-state index contributed by atoms with van der Waals surface area (Å²) < 4.78 is 1.14. The zero-order valence-corrected chi connectivity index (χ0v) is 12.4. The van der Waals surface area contributed by atoms with E-state index in [2.05, 4.69) is 15.3 Å². The van der Waals surface area contributed by atoms with Crippen molar-refractivity contribution in [2.75, 3.05) is 12.4 Å². The number of para-hydroxylation sites is 1. The highest BCUT2D eigenvalue weighted by Gasteiger charge is 2.13. The summed E-state index contributed by atoms with van der Waals surface area (Å²) in [6.45, 7) is 0.483. The quantitative estimate of drug-likeness (QED) is 0.806. The minimum absolute atomic E-state index is 0.181. The third-order valence-corrected chi connectivity index (χ3v) is 4.41. The summed E-state index contributed by atoms with van der Waals surface area (Å²) in [7, 11) is 1.75. The summed E-state index contributed by atoms with van der Waals surface area (Å²) in [5.74, 6) is 0. The van der Waals surface area contributed by atoms with Crippen molar-refractivity contribution >= 4 is 44.1 Å². The van der Waals surface area contributed by atoms with Gasteiger partial charge in [0.1, 0.15) is 5.01 Å². The van der Waals surface area contributed by atoms with E-state index in [1.807, 2.05) is 29.6 Å². The van der Waals surface area contributed by atoms with Gasteiger partial charge in [0.05, 0.1) is 16.8 Å². The van der Waals surface area contributed by atoms with Gasteiger partial charge in [0.2, 0.25) is 0 Å². The maximum absolute atomic E-state index is 12.0. The van der Waals surface area contributed by atoms with Crippen LogP contribution in [0.1, 0.15) is 5.01 Å². The van der Waals surface area contributed by atoms with E-state index in [1.165, 1.54) is 11.3 Å². The second-order valence-corrected chi connectivity index (χ2v) is 6.21. The molecule has 0 aliphatic rings. The highest BCUT2D eigenvalue weighted by atomic mass is 32.1. The number of carbonyl (C=O) groups is 1. The van der Waals surface area contributed by atoms with Crippen molar-refractivity contribution in [3.8, 4) is 0 Å². The number of rotatable bonds is 3. The fourth-order valence-corrected chi connectivity index (χ4v) is 3.27. The molecule has 0 aliphatic heterocycles. The van der Waals surface area contributed by atoms with E-state index in [1.54, 1.807) is 29.5 Å². The van der Waals surface area contributed by atoms with Gasteiger partial charge in [-0.2, -0.15) is 0 Å². The Morgan fingerprint density at radius 3 is 3.00 bits per heavy atom. The predicted octanol–water partition coefficient (Wildman–Crippen LogP) is 3.42. The molecule has 0 bridgehead atoms. The van der Waals surface area contributed by atoms with Crippen molar-refractivity contribution in [1.82, 2.24) is 14.9 Å². The normalized spacial score (nSPS) is 10.7. The molecular weight excluding hydrogens is 292 g/mol. The smallest absolute Gasteiger partial charge is 0.321 e. The van der Waals surface area contributed by atoms with Crippen LogP contribution in [0.2, 0.25) is 0 Å². The Morgan fingerprint density at radius 2 is 2.25 bits per heavy atom. The van der Waals surface area contributed by atoms with E-state index in [9.17, 15) is 4.79 Å². The minimum Gasteiger partial charge on any atom is -0.321 e. The molecular formula is C13H12N4OS2. The number of thiazole rings is 2. The van der Waals surface area contributed by atoms with E-state index in [4.69, 9.17) is 0 Å². The molecule has 0 radical (unpaired) electrons. The molecule has 3 rings (SSSR count). The van der Waals surface area contributed by atoms with Crippen LogP contribution in [0.25, 0.3) is 10.2 Å². The number of urea groups is 1. The molecule has 0 spiro atoms. The Kier molecular flexibility index (Phi) is 3.62. The number of nitrogens with zero attached hydrogens (tertiary/aromatic N) is 3. The number of hydrogen-bond donors (Lipinski definition) is 1. The second kappa shape index (κ2) is 5.56. The fraction of sp³-hybridized carbons (Fsp3) is 0.154. The summed E-state index contributed by atoms with van der Waals surface area (Å²) >= 11 is 3.00. The van der Waals surface area contributed by atoms with Gasteiger partial charge >= 0.3 is 6.03 Å². The molecule has 1 N–H and O–H groups in total. The van der Waals surface area contributed by atoms with Crippen molar-refractivity contribution in [2.45, 2.75) is 6.54 Å². The molecule has 20 heavy (non-hydrogen) atoms. The third kappa shape index (κ3) is 2.78.